The number of rotatable bonds is 3. The molecule has 0 aliphatic carbocycles. The Kier molecular flexibility index (Phi) is 3.46. The topological polar surface area (TPSA) is 29.3 Å². The van der Waals surface area contributed by atoms with Gasteiger partial charge >= 0.3 is 0 Å². The normalized spacial score (nSPS) is 10.4. The molecule has 0 unspecified atom stereocenters. The van der Waals surface area contributed by atoms with Crippen molar-refractivity contribution >= 4 is 11.4 Å². The van der Waals surface area contributed by atoms with Gasteiger partial charge in [-0.2, -0.15) is 0 Å². The molecule has 0 amide bonds. The summed E-state index contributed by atoms with van der Waals surface area (Å²) in [7, 11) is 1.68. The molecule has 2 aromatic rings. The molecular formula is C14H14F2N2. The van der Waals surface area contributed by atoms with Gasteiger partial charge in [-0.05, 0) is 18.2 Å². The molecule has 2 rings (SSSR count). The average molecular weight is 248 g/mol. The SMILES string of the molecule is CN(Cc1ccccc1F)c1c(N)cccc1F. The number of para-hydroxylation sites is 1. The second kappa shape index (κ2) is 5.04. The van der Waals surface area contributed by atoms with Crippen LogP contribution in [-0.2, 0) is 6.54 Å². The summed E-state index contributed by atoms with van der Waals surface area (Å²) < 4.78 is 27.2. The summed E-state index contributed by atoms with van der Waals surface area (Å²) in [5, 5.41) is 0. The molecular weight excluding hydrogens is 234 g/mol. The summed E-state index contributed by atoms with van der Waals surface area (Å²) in [5.41, 5.74) is 6.87. The van der Waals surface area contributed by atoms with Crippen LogP contribution in [0.25, 0.3) is 0 Å². The van der Waals surface area contributed by atoms with Gasteiger partial charge in [-0.15, -0.1) is 0 Å². The highest BCUT2D eigenvalue weighted by atomic mass is 19.1. The minimum atomic E-state index is -0.408. The van der Waals surface area contributed by atoms with Gasteiger partial charge < -0.3 is 10.6 Å². The molecule has 2 nitrogen and oxygen atoms in total. The minimum Gasteiger partial charge on any atom is -0.397 e. The quantitative estimate of drug-likeness (QED) is 0.845. The number of benzene rings is 2. The first-order valence-corrected chi connectivity index (χ1v) is 5.58. The lowest BCUT2D eigenvalue weighted by Crippen LogP contribution is -2.19. The van der Waals surface area contributed by atoms with Crippen molar-refractivity contribution in [2.75, 3.05) is 17.7 Å². The van der Waals surface area contributed by atoms with Crippen molar-refractivity contribution in [3.63, 3.8) is 0 Å². The van der Waals surface area contributed by atoms with Gasteiger partial charge in [0.15, 0.2) is 0 Å². The number of nitrogens with zero attached hydrogens (tertiary/aromatic N) is 1. The van der Waals surface area contributed by atoms with E-state index in [0.717, 1.165) is 0 Å². The summed E-state index contributed by atoms with van der Waals surface area (Å²) in [6.45, 7) is 0.262. The van der Waals surface area contributed by atoms with E-state index in [1.165, 1.54) is 12.1 Å². The fourth-order valence-electron chi connectivity index (χ4n) is 1.90. The standard InChI is InChI=1S/C14H14F2N2/c1-18(9-10-5-2-3-6-11(10)15)14-12(16)7-4-8-13(14)17/h2-8H,9,17H2,1H3. The molecule has 0 spiro atoms. The second-order valence-electron chi connectivity index (χ2n) is 4.13. The van der Waals surface area contributed by atoms with E-state index >= 15 is 0 Å². The van der Waals surface area contributed by atoms with Crippen LogP contribution in [0.2, 0.25) is 0 Å². The summed E-state index contributed by atoms with van der Waals surface area (Å²) in [6, 6.07) is 10.9. The Balaban J connectivity index is 2.28. The molecule has 0 bridgehead atoms. The molecule has 0 saturated heterocycles. The first-order chi connectivity index (χ1) is 8.59. The molecule has 0 aromatic heterocycles. The Morgan fingerprint density at radius 2 is 1.67 bits per heavy atom. The lowest BCUT2D eigenvalue weighted by atomic mass is 10.1. The summed E-state index contributed by atoms with van der Waals surface area (Å²) in [5.74, 6) is -0.715. The van der Waals surface area contributed by atoms with E-state index in [0.29, 0.717) is 16.9 Å². The first-order valence-electron chi connectivity index (χ1n) is 5.58. The summed E-state index contributed by atoms with van der Waals surface area (Å²) in [6.07, 6.45) is 0. The largest absolute Gasteiger partial charge is 0.397 e. The van der Waals surface area contributed by atoms with Gasteiger partial charge in [0.25, 0.3) is 0 Å². The van der Waals surface area contributed by atoms with Gasteiger partial charge in [0.2, 0.25) is 0 Å². The smallest absolute Gasteiger partial charge is 0.148 e. The third kappa shape index (κ3) is 2.42. The van der Waals surface area contributed by atoms with E-state index in [4.69, 9.17) is 5.73 Å². The molecule has 0 radical (unpaired) electrons. The van der Waals surface area contributed by atoms with Crippen LogP contribution in [-0.4, -0.2) is 7.05 Å². The van der Waals surface area contributed by atoms with Crippen LogP contribution in [0.15, 0.2) is 42.5 Å². The van der Waals surface area contributed by atoms with E-state index < -0.39 is 5.82 Å². The monoisotopic (exact) mass is 248 g/mol. The van der Waals surface area contributed by atoms with Crippen molar-refractivity contribution in [2.45, 2.75) is 6.54 Å². The predicted octanol–water partition coefficient (Wildman–Crippen LogP) is 3.18. The number of nitrogens with two attached hydrogens (primary N) is 1. The van der Waals surface area contributed by atoms with E-state index in [9.17, 15) is 8.78 Å². The van der Waals surface area contributed by atoms with Crippen LogP contribution >= 0.6 is 0 Å². The zero-order valence-corrected chi connectivity index (χ0v) is 10.0. The van der Waals surface area contributed by atoms with E-state index in [2.05, 4.69) is 0 Å². The third-order valence-electron chi connectivity index (χ3n) is 2.77. The second-order valence-corrected chi connectivity index (χ2v) is 4.13. The molecule has 0 aliphatic heterocycles. The molecule has 4 heteroatoms. The molecule has 0 saturated carbocycles. The highest BCUT2D eigenvalue weighted by Crippen LogP contribution is 2.27. The highest BCUT2D eigenvalue weighted by Gasteiger charge is 2.12. The predicted molar refractivity (Wildman–Crippen MR) is 69.3 cm³/mol. The average Bonchev–Trinajstić information content (AvgIpc) is 2.32. The van der Waals surface area contributed by atoms with Gasteiger partial charge in [-0.3, -0.25) is 0 Å². The Hall–Kier alpha value is -2.10. The number of anilines is 2. The van der Waals surface area contributed by atoms with Crippen LogP contribution in [0, 0.1) is 11.6 Å². The van der Waals surface area contributed by atoms with Gasteiger partial charge in [0.1, 0.15) is 11.6 Å². The molecule has 0 atom stereocenters. The summed E-state index contributed by atoms with van der Waals surface area (Å²) in [4.78, 5) is 1.60. The molecule has 18 heavy (non-hydrogen) atoms. The highest BCUT2D eigenvalue weighted by molar-refractivity contribution is 5.67. The lowest BCUT2D eigenvalue weighted by Gasteiger charge is -2.22. The zero-order valence-electron chi connectivity index (χ0n) is 10.0. The van der Waals surface area contributed by atoms with Gasteiger partial charge in [0, 0.05) is 19.2 Å². The Bertz CT molecular complexity index is 535. The lowest BCUT2D eigenvalue weighted by molar-refractivity contribution is 0.601. The van der Waals surface area contributed by atoms with Crippen LogP contribution in [0.4, 0.5) is 20.2 Å². The Morgan fingerprint density at radius 3 is 2.33 bits per heavy atom. The maximum absolute atomic E-state index is 13.7. The van der Waals surface area contributed by atoms with Crippen molar-refractivity contribution in [1.82, 2.24) is 0 Å². The van der Waals surface area contributed by atoms with Crippen molar-refractivity contribution < 1.29 is 8.78 Å². The minimum absolute atomic E-state index is 0.262. The van der Waals surface area contributed by atoms with Crippen molar-refractivity contribution in [2.24, 2.45) is 0 Å². The Labute approximate surface area is 105 Å². The maximum Gasteiger partial charge on any atom is 0.148 e. The summed E-state index contributed by atoms with van der Waals surface area (Å²) >= 11 is 0. The van der Waals surface area contributed by atoms with Gasteiger partial charge in [-0.1, -0.05) is 24.3 Å². The van der Waals surface area contributed by atoms with Crippen molar-refractivity contribution in [3.05, 3.63) is 59.7 Å². The molecule has 0 fully saturated rings. The van der Waals surface area contributed by atoms with Gasteiger partial charge in [0.05, 0.1) is 11.4 Å². The molecule has 94 valence electrons. The maximum atomic E-state index is 13.7. The molecule has 0 aliphatic rings. The van der Waals surface area contributed by atoms with E-state index in [-0.39, 0.29) is 12.4 Å². The van der Waals surface area contributed by atoms with Crippen molar-refractivity contribution in [1.29, 1.82) is 0 Å². The van der Waals surface area contributed by atoms with Crippen LogP contribution in [0.5, 0.6) is 0 Å². The fraction of sp³-hybridized carbons (Fsp3) is 0.143. The first kappa shape index (κ1) is 12.4. The van der Waals surface area contributed by atoms with Crippen molar-refractivity contribution in [3.8, 4) is 0 Å². The zero-order chi connectivity index (χ0) is 13.1. The third-order valence-corrected chi connectivity index (χ3v) is 2.77. The van der Waals surface area contributed by atoms with Crippen LogP contribution < -0.4 is 10.6 Å². The number of hydrogen-bond acceptors (Lipinski definition) is 2. The number of hydrogen-bond donors (Lipinski definition) is 1. The molecule has 2 N–H and O–H groups in total. The molecule has 0 heterocycles. The van der Waals surface area contributed by atoms with Crippen LogP contribution in [0.3, 0.4) is 0 Å². The van der Waals surface area contributed by atoms with Gasteiger partial charge in [-0.25, -0.2) is 8.78 Å². The van der Waals surface area contributed by atoms with Crippen LogP contribution in [0.1, 0.15) is 5.56 Å². The Morgan fingerprint density at radius 1 is 1.00 bits per heavy atom. The fourth-order valence-corrected chi connectivity index (χ4v) is 1.90. The van der Waals surface area contributed by atoms with E-state index in [1.54, 1.807) is 42.3 Å². The molecule has 2 aromatic carbocycles. The number of nitrogen functional groups attached to an aromatic ring is 1. The number of halogens is 2. The van der Waals surface area contributed by atoms with E-state index in [1.807, 2.05) is 0 Å².